The van der Waals surface area contributed by atoms with Crippen LogP contribution in [0, 0.1) is 0 Å². The molecule has 0 spiro atoms. The van der Waals surface area contributed by atoms with Crippen molar-refractivity contribution < 1.29 is 22.7 Å². The van der Waals surface area contributed by atoms with Crippen molar-refractivity contribution >= 4 is 27.6 Å². The maximum absolute atomic E-state index is 12.5. The standard InChI is InChI=1S/C12H17ClN2O5S/c1-19-8-7-15(6-4-12(16)20-2)21(17,18)10-3-5-14-11(13)9-10/h3,5,9H,4,6-8H2,1-2H3. The van der Waals surface area contributed by atoms with Crippen LogP contribution in [-0.4, -0.2) is 57.6 Å². The third kappa shape index (κ3) is 5.24. The average Bonchev–Trinajstić information content (AvgIpc) is 2.46. The zero-order valence-corrected chi connectivity index (χ0v) is 13.4. The van der Waals surface area contributed by atoms with Crippen LogP contribution in [0.25, 0.3) is 0 Å². The van der Waals surface area contributed by atoms with Gasteiger partial charge in [0, 0.05) is 26.4 Å². The van der Waals surface area contributed by atoms with Crippen LogP contribution in [0.1, 0.15) is 6.42 Å². The molecular weight excluding hydrogens is 320 g/mol. The summed E-state index contributed by atoms with van der Waals surface area (Å²) in [5.41, 5.74) is 0. The lowest BCUT2D eigenvalue weighted by Gasteiger charge is -2.21. The van der Waals surface area contributed by atoms with Gasteiger partial charge in [0.25, 0.3) is 0 Å². The molecule has 0 saturated heterocycles. The maximum Gasteiger partial charge on any atom is 0.306 e. The second-order valence-electron chi connectivity index (χ2n) is 4.04. The summed E-state index contributed by atoms with van der Waals surface area (Å²) in [4.78, 5) is 15.0. The molecule has 0 unspecified atom stereocenters. The van der Waals surface area contributed by atoms with E-state index in [9.17, 15) is 13.2 Å². The van der Waals surface area contributed by atoms with E-state index in [1.807, 2.05) is 0 Å². The average molecular weight is 337 g/mol. The van der Waals surface area contributed by atoms with Crippen LogP contribution in [-0.2, 0) is 24.3 Å². The van der Waals surface area contributed by atoms with E-state index in [4.69, 9.17) is 16.3 Å². The topological polar surface area (TPSA) is 85.8 Å². The summed E-state index contributed by atoms with van der Waals surface area (Å²) in [6, 6.07) is 2.61. The van der Waals surface area contributed by atoms with Crippen LogP contribution >= 0.6 is 11.6 Å². The van der Waals surface area contributed by atoms with Gasteiger partial charge in [0.2, 0.25) is 10.0 Å². The van der Waals surface area contributed by atoms with Gasteiger partial charge in [0.05, 0.1) is 25.0 Å². The zero-order valence-electron chi connectivity index (χ0n) is 11.8. The number of hydrogen-bond acceptors (Lipinski definition) is 6. The number of halogens is 1. The summed E-state index contributed by atoms with van der Waals surface area (Å²) in [5, 5.41) is 0.0794. The van der Waals surface area contributed by atoms with Crippen molar-refractivity contribution in [1.82, 2.24) is 9.29 Å². The molecule has 0 bridgehead atoms. The molecule has 1 aromatic heterocycles. The Morgan fingerprint density at radius 3 is 2.67 bits per heavy atom. The van der Waals surface area contributed by atoms with Crippen molar-refractivity contribution in [3.05, 3.63) is 23.5 Å². The van der Waals surface area contributed by atoms with Crippen molar-refractivity contribution in [3.63, 3.8) is 0 Å². The highest BCUT2D eigenvalue weighted by atomic mass is 35.5. The van der Waals surface area contributed by atoms with Crippen LogP contribution in [0.2, 0.25) is 5.15 Å². The molecule has 7 nitrogen and oxygen atoms in total. The molecule has 1 aromatic rings. The van der Waals surface area contributed by atoms with Gasteiger partial charge < -0.3 is 9.47 Å². The smallest absolute Gasteiger partial charge is 0.306 e. The Balaban J connectivity index is 2.96. The molecule has 0 atom stereocenters. The number of aromatic nitrogens is 1. The zero-order chi connectivity index (χ0) is 15.9. The minimum Gasteiger partial charge on any atom is -0.469 e. The number of methoxy groups -OCH3 is 2. The molecule has 1 heterocycles. The first-order chi connectivity index (χ1) is 9.91. The molecule has 0 fully saturated rings. The van der Waals surface area contributed by atoms with Crippen LogP contribution in [0.5, 0.6) is 0 Å². The monoisotopic (exact) mass is 336 g/mol. The molecule has 21 heavy (non-hydrogen) atoms. The number of sulfonamides is 1. The minimum atomic E-state index is -3.78. The van der Waals surface area contributed by atoms with E-state index >= 15 is 0 Å². The number of carbonyl (C=O) groups is 1. The number of pyridine rings is 1. The Labute approximate surface area is 128 Å². The Morgan fingerprint density at radius 1 is 1.38 bits per heavy atom. The fourth-order valence-corrected chi connectivity index (χ4v) is 3.23. The van der Waals surface area contributed by atoms with Crippen LogP contribution in [0.4, 0.5) is 0 Å². The van der Waals surface area contributed by atoms with Crippen molar-refractivity contribution in [1.29, 1.82) is 0 Å². The summed E-state index contributed by atoms with van der Waals surface area (Å²) >= 11 is 5.72. The highest BCUT2D eigenvalue weighted by Crippen LogP contribution is 2.18. The van der Waals surface area contributed by atoms with Gasteiger partial charge in [-0.25, -0.2) is 13.4 Å². The predicted octanol–water partition coefficient (Wildman–Crippen LogP) is 0.935. The second kappa shape index (κ2) is 8.28. The highest BCUT2D eigenvalue weighted by Gasteiger charge is 2.25. The van der Waals surface area contributed by atoms with E-state index in [1.54, 1.807) is 0 Å². The normalized spacial score (nSPS) is 11.6. The molecule has 0 aliphatic rings. The third-order valence-corrected chi connectivity index (χ3v) is 4.77. The van der Waals surface area contributed by atoms with Crippen LogP contribution in [0.3, 0.4) is 0 Å². The summed E-state index contributed by atoms with van der Waals surface area (Å²) in [6.45, 7) is 0.327. The first kappa shape index (κ1) is 17.8. The van der Waals surface area contributed by atoms with Gasteiger partial charge in [-0.15, -0.1) is 0 Å². The molecule has 0 aromatic carbocycles. The van der Waals surface area contributed by atoms with E-state index in [0.717, 1.165) is 4.31 Å². The SMILES string of the molecule is COCCN(CCC(=O)OC)S(=O)(=O)c1ccnc(Cl)c1. The maximum atomic E-state index is 12.5. The summed E-state index contributed by atoms with van der Waals surface area (Å²) in [7, 11) is -1.06. The minimum absolute atomic E-state index is 0.00168. The molecule has 0 aliphatic heterocycles. The number of carbonyl (C=O) groups excluding carboxylic acids is 1. The Kier molecular flexibility index (Phi) is 7.03. The van der Waals surface area contributed by atoms with E-state index in [0.29, 0.717) is 0 Å². The molecule has 0 N–H and O–H groups in total. The summed E-state index contributed by atoms with van der Waals surface area (Å²) in [6.07, 6.45) is 1.27. The quantitative estimate of drug-likeness (QED) is 0.518. The third-order valence-electron chi connectivity index (χ3n) is 2.67. The Hall–Kier alpha value is -1.22. The number of hydrogen-bond donors (Lipinski definition) is 0. The Bertz CT molecular complexity index is 579. The van der Waals surface area contributed by atoms with E-state index in [2.05, 4.69) is 9.72 Å². The first-order valence-electron chi connectivity index (χ1n) is 6.09. The van der Waals surface area contributed by atoms with Gasteiger partial charge in [0.15, 0.2) is 0 Å². The van der Waals surface area contributed by atoms with Gasteiger partial charge in [-0.1, -0.05) is 11.6 Å². The van der Waals surface area contributed by atoms with Gasteiger partial charge in [-0.2, -0.15) is 4.31 Å². The molecule has 0 aliphatic carbocycles. The van der Waals surface area contributed by atoms with E-state index in [-0.39, 0.29) is 36.2 Å². The highest BCUT2D eigenvalue weighted by molar-refractivity contribution is 7.89. The fraction of sp³-hybridized carbons (Fsp3) is 0.500. The van der Waals surface area contributed by atoms with Crippen molar-refractivity contribution in [2.75, 3.05) is 33.9 Å². The van der Waals surface area contributed by atoms with Gasteiger partial charge in [-0.3, -0.25) is 4.79 Å². The molecule has 0 amide bonds. The lowest BCUT2D eigenvalue weighted by Crippen LogP contribution is -2.35. The van der Waals surface area contributed by atoms with Crippen molar-refractivity contribution in [2.45, 2.75) is 11.3 Å². The number of ether oxygens (including phenoxy) is 2. The van der Waals surface area contributed by atoms with Gasteiger partial charge in [-0.05, 0) is 12.1 Å². The molecule has 0 radical (unpaired) electrons. The van der Waals surface area contributed by atoms with Crippen LogP contribution < -0.4 is 0 Å². The van der Waals surface area contributed by atoms with Gasteiger partial charge >= 0.3 is 5.97 Å². The summed E-state index contributed by atoms with van der Waals surface area (Å²) in [5.74, 6) is -0.486. The van der Waals surface area contributed by atoms with E-state index in [1.165, 1.54) is 32.5 Å². The second-order valence-corrected chi connectivity index (χ2v) is 6.36. The molecule has 0 saturated carbocycles. The van der Waals surface area contributed by atoms with Crippen molar-refractivity contribution in [3.8, 4) is 0 Å². The van der Waals surface area contributed by atoms with Crippen LogP contribution in [0.15, 0.2) is 23.2 Å². The van der Waals surface area contributed by atoms with E-state index < -0.39 is 16.0 Å². The molecular formula is C12H17ClN2O5S. The first-order valence-corrected chi connectivity index (χ1v) is 7.91. The molecule has 9 heteroatoms. The fourth-order valence-electron chi connectivity index (χ4n) is 1.56. The molecule has 118 valence electrons. The summed E-state index contributed by atoms with van der Waals surface area (Å²) < 4.78 is 35.6. The lowest BCUT2D eigenvalue weighted by atomic mass is 10.4. The van der Waals surface area contributed by atoms with Crippen molar-refractivity contribution in [2.24, 2.45) is 0 Å². The Morgan fingerprint density at radius 2 is 2.10 bits per heavy atom. The number of rotatable bonds is 8. The largest absolute Gasteiger partial charge is 0.469 e. The number of esters is 1. The predicted molar refractivity (Wildman–Crippen MR) is 76.5 cm³/mol. The molecule has 1 rings (SSSR count). The lowest BCUT2D eigenvalue weighted by molar-refractivity contribution is -0.140. The van der Waals surface area contributed by atoms with Gasteiger partial charge in [0.1, 0.15) is 5.15 Å². The number of nitrogens with zero attached hydrogens (tertiary/aromatic N) is 2.